The number of aryl methyl sites for hydroxylation is 1. The molecule has 0 aliphatic carbocycles. The lowest BCUT2D eigenvalue weighted by molar-refractivity contribution is 0.583. The Morgan fingerprint density at radius 3 is 2.35 bits per heavy atom. The molecule has 0 spiro atoms. The quantitative estimate of drug-likeness (QED) is 0.833. The highest BCUT2D eigenvalue weighted by molar-refractivity contribution is 7.93. The number of rotatable bonds is 2. The Morgan fingerprint density at radius 2 is 1.65 bits per heavy atom. The lowest BCUT2D eigenvalue weighted by atomic mass is 10.00. The van der Waals surface area contributed by atoms with Crippen molar-refractivity contribution in [1.29, 1.82) is 0 Å². The first-order chi connectivity index (χ1) is 10.7. The van der Waals surface area contributed by atoms with Gasteiger partial charge >= 0.3 is 0 Å². The lowest BCUT2D eigenvalue weighted by Gasteiger charge is -2.26. The molecule has 122 valence electrons. The molecule has 0 unspecified atom stereocenters. The molecular weight excluding hydrogens is 306 g/mol. The fourth-order valence-corrected chi connectivity index (χ4v) is 5.52. The monoisotopic (exact) mass is 329 g/mol. The number of nitrogens with zero attached hydrogens (tertiary/aromatic N) is 1. The average Bonchev–Trinajstić information content (AvgIpc) is 2.85. The molecule has 0 bridgehead atoms. The molecule has 0 radical (unpaired) electrons. The van der Waals surface area contributed by atoms with Crippen LogP contribution in [-0.2, 0) is 16.4 Å². The second-order valence-electron chi connectivity index (χ2n) is 6.55. The number of hydrogen-bond donors (Lipinski definition) is 0. The van der Waals surface area contributed by atoms with Gasteiger partial charge in [-0.05, 0) is 81.0 Å². The van der Waals surface area contributed by atoms with Gasteiger partial charge in [0.1, 0.15) is 0 Å². The fourth-order valence-electron chi connectivity index (χ4n) is 3.45. The number of benzene rings is 2. The molecule has 0 N–H and O–H groups in total. The van der Waals surface area contributed by atoms with Crippen LogP contribution in [0.25, 0.3) is 0 Å². The van der Waals surface area contributed by atoms with Crippen molar-refractivity contribution in [3.05, 3.63) is 58.1 Å². The molecule has 2 aromatic carbocycles. The summed E-state index contributed by atoms with van der Waals surface area (Å²) in [4.78, 5) is 0.432. The molecular formula is C19H23NO2S. The first-order valence-corrected chi connectivity index (χ1v) is 9.39. The van der Waals surface area contributed by atoms with E-state index in [0.717, 1.165) is 39.9 Å². The summed E-state index contributed by atoms with van der Waals surface area (Å²) in [6.45, 7) is 9.89. The van der Waals surface area contributed by atoms with Gasteiger partial charge in [0.05, 0.1) is 10.6 Å². The Morgan fingerprint density at radius 1 is 1.00 bits per heavy atom. The first kappa shape index (κ1) is 16.1. The Hall–Kier alpha value is -1.81. The van der Waals surface area contributed by atoms with Crippen LogP contribution in [0.1, 0.15) is 34.7 Å². The highest BCUT2D eigenvalue weighted by Gasteiger charge is 2.36. The summed E-state index contributed by atoms with van der Waals surface area (Å²) in [5.41, 5.74) is 6.01. The summed E-state index contributed by atoms with van der Waals surface area (Å²) in [6, 6.07) is 9.55. The van der Waals surface area contributed by atoms with Crippen molar-refractivity contribution in [3.8, 4) is 0 Å². The van der Waals surface area contributed by atoms with Crippen molar-refractivity contribution < 1.29 is 8.42 Å². The molecule has 3 rings (SSSR count). The molecule has 0 saturated carbocycles. The summed E-state index contributed by atoms with van der Waals surface area (Å²) < 4.78 is 28.3. The standard InChI is InChI=1S/C19H23NO2S/c1-12-10-19(16(5)15(4)14(12)3)23(21,22)20-13(2)11-17-8-6-7-9-18(17)20/h6-10,13H,11H2,1-5H3/t13-/m0/s1. The molecule has 3 nitrogen and oxygen atoms in total. The maximum Gasteiger partial charge on any atom is 0.264 e. The fraction of sp³-hybridized carbons (Fsp3) is 0.368. The molecule has 0 aromatic heterocycles. The van der Waals surface area contributed by atoms with Gasteiger partial charge in [-0.2, -0.15) is 0 Å². The minimum atomic E-state index is -3.56. The molecule has 2 aromatic rings. The number of sulfonamides is 1. The first-order valence-electron chi connectivity index (χ1n) is 7.95. The van der Waals surface area contributed by atoms with Crippen molar-refractivity contribution in [1.82, 2.24) is 0 Å². The van der Waals surface area contributed by atoms with Crippen LogP contribution in [0.5, 0.6) is 0 Å². The Balaban J connectivity index is 2.21. The minimum absolute atomic E-state index is 0.0567. The van der Waals surface area contributed by atoms with Gasteiger partial charge in [0.25, 0.3) is 10.0 Å². The Labute approximate surface area is 139 Å². The van der Waals surface area contributed by atoms with Crippen molar-refractivity contribution in [2.75, 3.05) is 4.31 Å². The van der Waals surface area contributed by atoms with Crippen LogP contribution in [0.3, 0.4) is 0 Å². The minimum Gasteiger partial charge on any atom is -0.263 e. The van der Waals surface area contributed by atoms with Gasteiger partial charge in [0.15, 0.2) is 0 Å². The summed E-state index contributed by atoms with van der Waals surface area (Å²) in [6.07, 6.45) is 0.762. The second kappa shape index (κ2) is 5.38. The summed E-state index contributed by atoms with van der Waals surface area (Å²) >= 11 is 0. The molecule has 0 fully saturated rings. The van der Waals surface area contributed by atoms with Crippen molar-refractivity contribution in [2.24, 2.45) is 0 Å². The molecule has 1 aliphatic heterocycles. The van der Waals surface area contributed by atoms with Crippen molar-refractivity contribution >= 4 is 15.7 Å². The van der Waals surface area contributed by atoms with Gasteiger partial charge in [-0.25, -0.2) is 8.42 Å². The highest BCUT2D eigenvalue weighted by Crippen LogP contribution is 2.38. The molecule has 4 heteroatoms. The van der Waals surface area contributed by atoms with Gasteiger partial charge in [0.2, 0.25) is 0 Å². The maximum absolute atomic E-state index is 13.4. The van der Waals surface area contributed by atoms with Gasteiger partial charge in [-0.3, -0.25) is 4.31 Å². The summed E-state index contributed by atoms with van der Waals surface area (Å²) in [5.74, 6) is 0. The Kier molecular flexibility index (Phi) is 3.75. The van der Waals surface area contributed by atoms with E-state index in [1.54, 1.807) is 4.31 Å². The van der Waals surface area contributed by atoms with Crippen LogP contribution >= 0.6 is 0 Å². The largest absolute Gasteiger partial charge is 0.264 e. The SMILES string of the molecule is Cc1cc(S(=O)(=O)N2c3ccccc3C[C@@H]2C)c(C)c(C)c1C. The van der Waals surface area contributed by atoms with E-state index in [9.17, 15) is 8.42 Å². The molecule has 1 atom stereocenters. The zero-order chi connectivity index (χ0) is 16.9. The second-order valence-corrected chi connectivity index (χ2v) is 8.33. The number of hydrogen-bond acceptors (Lipinski definition) is 2. The summed E-state index contributed by atoms with van der Waals surface area (Å²) in [7, 11) is -3.56. The zero-order valence-electron chi connectivity index (χ0n) is 14.3. The van der Waals surface area contributed by atoms with E-state index in [1.165, 1.54) is 0 Å². The number of anilines is 1. The molecule has 1 aliphatic rings. The number of para-hydroxylation sites is 1. The number of fused-ring (bicyclic) bond motifs is 1. The molecule has 0 saturated heterocycles. The topological polar surface area (TPSA) is 37.4 Å². The van der Waals surface area contributed by atoms with E-state index in [-0.39, 0.29) is 6.04 Å². The van der Waals surface area contributed by atoms with Crippen LogP contribution in [-0.4, -0.2) is 14.5 Å². The van der Waals surface area contributed by atoms with Crippen LogP contribution in [0.15, 0.2) is 35.2 Å². The van der Waals surface area contributed by atoms with E-state index in [2.05, 4.69) is 0 Å². The normalized spacial score (nSPS) is 17.4. The van der Waals surface area contributed by atoms with E-state index in [0.29, 0.717) is 4.90 Å². The van der Waals surface area contributed by atoms with Gasteiger partial charge in [-0.15, -0.1) is 0 Å². The third kappa shape index (κ3) is 2.36. The average molecular weight is 329 g/mol. The maximum atomic E-state index is 13.4. The van der Waals surface area contributed by atoms with Crippen LogP contribution in [0, 0.1) is 27.7 Å². The molecule has 23 heavy (non-hydrogen) atoms. The molecule has 1 heterocycles. The third-order valence-corrected chi connectivity index (χ3v) is 7.17. The predicted octanol–water partition coefficient (Wildman–Crippen LogP) is 4.06. The van der Waals surface area contributed by atoms with E-state index >= 15 is 0 Å². The van der Waals surface area contributed by atoms with Gasteiger partial charge < -0.3 is 0 Å². The van der Waals surface area contributed by atoms with Gasteiger partial charge in [-0.1, -0.05) is 18.2 Å². The Bertz CT molecular complexity index is 884. The van der Waals surface area contributed by atoms with Crippen molar-refractivity contribution in [2.45, 2.75) is 52.0 Å². The summed E-state index contributed by atoms with van der Waals surface area (Å²) in [5, 5.41) is 0. The van der Waals surface area contributed by atoms with Crippen LogP contribution < -0.4 is 4.31 Å². The van der Waals surface area contributed by atoms with E-state index < -0.39 is 10.0 Å². The van der Waals surface area contributed by atoms with Crippen LogP contribution in [0.4, 0.5) is 5.69 Å². The van der Waals surface area contributed by atoms with Gasteiger partial charge in [0, 0.05) is 6.04 Å². The van der Waals surface area contributed by atoms with E-state index in [4.69, 9.17) is 0 Å². The smallest absolute Gasteiger partial charge is 0.263 e. The lowest BCUT2D eigenvalue weighted by Crippen LogP contribution is -2.36. The third-order valence-electron chi connectivity index (χ3n) is 5.12. The predicted molar refractivity (Wildman–Crippen MR) is 94.7 cm³/mol. The highest BCUT2D eigenvalue weighted by atomic mass is 32.2. The molecule has 0 amide bonds. The van der Waals surface area contributed by atoms with Crippen LogP contribution in [0.2, 0.25) is 0 Å². The van der Waals surface area contributed by atoms with E-state index in [1.807, 2.05) is 65.0 Å². The zero-order valence-corrected chi connectivity index (χ0v) is 15.2. The van der Waals surface area contributed by atoms with Crippen molar-refractivity contribution in [3.63, 3.8) is 0 Å².